The largest absolute Gasteiger partial charge is 0.368 e. The van der Waals surface area contributed by atoms with Gasteiger partial charge in [0.25, 0.3) is 0 Å². The molecule has 0 radical (unpaired) electrons. The molecule has 2 heterocycles. The fraction of sp³-hybridized carbons (Fsp3) is 0.286. The molecule has 134 valence electrons. The first-order valence-electron chi connectivity index (χ1n) is 8.90. The van der Waals surface area contributed by atoms with Crippen LogP contribution >= 0.6 is 0 Å². The summed E-state index contributed by atoms with van der Waals surface area (Å²) in [6.45, 7) is 4.56. The molecule has 1 aliphatic heterocycles. The van der Waals surface area contributed by atoms with E-state index in [0.29, 0.717) is 0 Å². The maximum atomic E-state index is 13.4. The summed E-state index contributed by atoms with van der Waals surface area (Å²) in [6.07, 6.45) is 2.12. The van der Waals surface area contributed by atoms with Gasteiger partial charge >= 0.3 is 0 Å². The minimum Gasteiger partial charge on any atom is -0.368 e. The quantitative estimate of drug-likeness (QED) is 0.712. The van der Waals surface area contributed by atoms with E-state index in [1.54, 1.807) is 10.7 Å². The van der Waals surface area contributed by atoms with E-state index in [2.05, 4.69) is 29.1 Å². The number of hydrogen-bond donors (Lipinski definition) is 0. The molecule has 26 heavy (non-hydrogen) atoms. The lowest BCUT2D eigenvalue weighted by Gasteiger charge is -2.36. The third-order valence-electron chi connectivity index (χ3n) is 4.61. The number of aromatic nitrogens is 2. The lowest BCUT2D eigenvalue weighted by atomic mass is 10.1. The van der Waals surface area contributed by atoms with Crippen LogP contribution in [0, 0.1) is 5.82 Å². The standard InChI is InChI=1S/C21H22FN3O/c1-16-13-24(15-21(26-16)17-6-3-2-4-7-17)14-19-10-11-25(23-19)20-9-5-8-18(22)12-20/h2-12,16,21H,13-15H2,1H3/t16-,21+/m0/s1. The minimum absolute atomic E-state index is 0.0743. The summed E-state index contributed by atoms with van der Waals surface area (Å²) in [6, 6.07) is 18.8. The van der Waals surface area contributed by atoms with Crippen LogP contribution in [0.2, 0.25) is 0 Å². The van der Waals surface area contributed by atoms with Gasteiger partial charge in [-0.3, -0.25) is 4.90 Å². The van der Waals surface area contributed by atoms with Gasteiger partial charge in [-0.2, -0.15) is 5.10 Å². The smallest absolute Gasteiger partial charge is 0.125 e. The van der Waals surface area contributed by atoms with E-state index in [9.17, 15) is 4.39 Å². The highest BCUT2D eigenvalue weighted by molar-refractivity contribution is 5.31. The highest BCUT2D eigenvalue weighted by atomic mass is 19.1. The monoisotopic (exact) mass is 351 g/mol. The number of ether oxygens (including phenoxy) is 1. The Morgan fingerprint density at radius 2 is 1.92 bits per heavy atom. The molecule has 3 aromatic rings. The summed E-state index contributed by atoms with van der Waals surface area (Å²) < 4.78 is 21.3. The Morgan fingerprint density at radius 3 is 2.73 bits per heavy atom. The van der Waals surface area contributed by atoms with E-state index in [-0.39, 0.29) is 18.0 Å². The van der Waals surface area contributed by atoms with Crippen LogP contribution in [0.25, 0.3) is 5.69 Å². The maximum Gasteiger partial charge on any atom is 0.125 e. The van der Waals surface area contributed by atoms with Crippen molar-refractivity contribution in [1.29, 1.82) is 0 Å². The van der Waals surface area contributed by atoms with Gasteiger partial charge in [-0.1, -0.05) is 36.4 Å². The Hall–Kier alpha value is -2.50. The Morgan fingerprint density at radius 1 is 1.08 bits per heavy atom. The van der Waals surface area contributed by atoms with E-state index in [4.69, 9.17) is 4.74 Å². The van der Waals surface area contributed by atoms with Crippen molar-refractivity contribution >= 4 is 0 Å². The van der Waals surface area contributed by atoms with Crippen LogP contribution < -0.4 is 0 Å². The van der Waals surface area contributed by atoms with Crippen LogP contribution in [0.3, 0.4) is 0 Å². The van der Waals surface area contributed by atoms with Gasteiger partial charge in [0, 0.05) is 25.8 Å². The Bertz CT molecular complexity index is 864. The summed E-state index contributed by atoms with van der Waals surface area (Å²) in [5, 5.41) is 4.61. The zero-order chi connectivity index (χ0) is 17.9. The molecule has 2 aromatic carbocycles. The molecule has 1 fully saturated rings. The zero-order valence-corrected chi connectivity index (χ0v) is 14.8. The summed E-state index contributed by atoms with van der Waals surface area (Å²) in [4.78, 5) is 2.37. The maximum absolute atomic E-state index is 13.4. The van der Waals surface area contributed by atoms with E-state index in [0.717, 1.165) is 31.0 Å². The van der Waals surface area contributed by atoms with Crippen LogP contribution in [0.1, 0.15) is 24.3 Å². The predicted molar refractivity (Wildman–Crippen MR) is 98.5 cm³/mol. The summed E-state index contributed by atoms with van der Waals surface area (Å²) in [7, 11) is 0. The van der Waals surface area contributed by atoms with Crippen LogP contribution in [0.4, 0.5) is 4.39 Å². The molecule has 0 N–H and O–H groups in total. The SMILES string of the molecule is C[C@H]1CN(Cc2ccn(-c3cccc(F)c3)n2)C[C@H](c2ccccc2)O1. The van der Waals surface area contributed by atoms with Crippen molar-refractivity contribution in [1.82, 2.24) is 14.7 Å². The second kappa shape index (κ2) is 7.40. The number of morpholine rings is 1. The van der Waals surface area contributed by atoms with Gasteiger partial charge in [-0.05, 0) is 36.8 Å². The fourth-order valence-corrected chi connectivity index (χ4v) is 3.46. The van der Waals surface area contributed by atoms with Gasteiger partial charge < -0.3 is 4.74 Å². The van der Waals surface area contributed by atoms with Gasteiger partial charge in [0.05, 0.1) is 23.6 Å². The second-order valence-corrected chi connectivity index (χ2v) is 6.77. The average molecular weight is 351 g/mol. The van der Waals surface area contributed by atoms with Crippen molar-refractivity contribution in [2.45, 2.75) is 25.7 Å². The van der Waals surface area contributed by atoms with Crippen molar-refractivity contribution in [2.24, 2.45) is 0 Å². The molecule has 1 aliphatic rings. The van der Waals surface area contributed by atoms with E-state index in [1.807, 2.05) is 36.5 Å². The average Bonchev–Trinajstić information content (AvgIpc) is 3.10. The first-order valence-corrected chi connectivity index (χ1v) is 8.90. The molecular formula is C21H22FN3O. The Labute approximate surface area is 152 Å². The van der Waals surface area contributed by atoms with Gasteiger partial charge in [0.15, 0.2) is 0 Å². The van der Waals surface area contributed by atoms with Gasteiger partial charge in [-0.25, -0.2) is 9.07 Å². The summed E-state index contributed by atoms with van der Waals surface area (Å²) >= 11 is 0. The second-order valence-electron chi connectivity index (χ2n) is 6.77. The molecule has 4 rings (SSSR count). The summed E-state index contributed by atoms with van der Waals surface area (Å²) in [5.41, 5.74) is 2.90. The first-order chi connectivity index (χ1) is 12.7. The third kappa shape index (κ3) is 3.84. The van der Waals surface area contributed by atoms with Crippen molar-refractivity contribution < 1.29 is 9.13 Å². The number of hydrogen-bond acceptors (Lipinski definition) is 3. The molecule has 0 saturated carbocycles. The number of rotatable bonds is 4. The molecule has 1 saturated heterocycles. The number of nitrogens with zero attached hydrogens (tertiary/aromatic N) is 3. The molecule has 4 nitrogen and oxygen atoms in total. The topological polar surface area (TPSA) is 30.3 Å². The van der Waals surface area contributed by atoms with Crippen molar-refractivity contribution in [3.05, 3.63) is 83.9 Å². The van der Waals surface area contributed by atoms with E-state index >= 15 is 0 Å². The minimum atomic E-state index is -0.257. The first kappa shape index (κ1) is 16.9. The Kier molecular flexibility index (Phi) is 4.82. The molecule has 0 unspecified atom stereocenters. The van der Waals surface area contributed by atoms with Gasteiger partial charge in [0.2, 0.25) is 0 Å². The van der Waals surface area contributed by atoms with E-state index in [1.165, 1.54) is 17.7 Å². The van der Waals surface area contributed by atoms with Gasteiger partial charge in [0.1, 0.15) is 5.82 Å². The fourth-order valence-electron chi connectivity index (χ4n) is 3.46. The van der Waals surface area contributed by atoms with Gasteiger partial charge in [-0.15, -0.1) is 0 Å². The van der Waals surface area contributed by atoms with Crippen LogP contribution in [-0.2, 0) is 11.3 Å². The molecular weight excluding hydrogens is 329 g/mol. The van der Waals surface area contributed by atoms with Crippen LogP contribution in [-0.4, -0.2) is 33.9 Å². The molecule has 5 heteroatoms. The predicted octanol–water partition coefficient (Wildman–Crippen LogP) is 3.97. The van der Waals surface area contributed by atoms with Crippen LogP contribution in [0.15, 0.2) is 66.9 Å². The molecule has 2 atom stereocenters. The molecule has 0 bridgehead atoms. The Balaban J connectivity index is 1.47. The molecule has 1 aromatic heterocycles. The molecule has 0 aliphatic carbocycles. The normalized spacial score (nSPS) is 21.0. The zero-order valence-electron chi connectivity index (χ0n) is 14.8. The lowest BCUT2D eigenvalue weighted by Crippen LogP contribution is -2.42. The number of halogens is 1. The molecule has 0 amide bonds. The van der Waals surface area contributed by atoms with Crippen LogP contribution in [0.5, 0.6) is 0 Å². The lowest BCUT2D eigenvalue weighted by molar-refractivity contribution is -0.0816. The number of benzene rings is 2. The summed E-state index contributed by atoms with van der Waals surface area (Å²) in [5.74, 6) is -0.257. The highest BCUT2D eigenvalue weighted by Crippen LogP contribution is 2.26. The van der Waals surface area contributed by atoms with Crippen molar-refractivity contribution in [3.8, 4) is 5.69 Å². The van der Waals surface area contributed by atoms with Crippen molar-refractivity contribution in [3.63, 3.8) is 0 Å². The highest BCUT2D eigenvalue weighted by Gasteiger charge is 2.26. The van der Waals surface area contributed by atoms with E-state index < -0.39 is 0 Å². The molecule has 0 spiro atoms. The van der Waals surface area contributed by atoms with Crippen molar-refractivity contribution in [2.75, 3.05) is 13.1 Å². The third-order valence-corrected chi connectivity index (χ3v) is 4.61.